The summed E-state index contributed by atoms with van der Waals surface area (Å²) in [5.74, 6) is 0.500. The molecule has 1 aliphatic heterocycles. The van der Waals surface area contributed by atoms with Gasteiger partial charge in [-0.15, -0.1) is 0 Å². The average Bonchev–Trinajstić information content (AvgIpc) is 2.88. The minimum atomic E-state index is -4.60. The number of hydrogen-bond acceptors (Lipinski definition) is 7. The van der Waals surface area contributed by atoms with E-state index >= 15 is 0 Å². The van der Waals surface area contributed by atoms with Gasteiger partial charge < -0.3 is 20.1 Å². The van der Waals surface area contributed by atoms with Crippen LogP contribution in [0.15, 0.2) is 59.6 Å². The highest BCUT2D eigenvalue weighted by molar-refractivity contribution is 7.92. The van der Waals surface area contributed by atoms with Crippen molar-refractivity contribution in [2.75, 3.05) is 42.3 Å². The largest absolute Gasteiger partial charge is 0.587 e. The summed E-state index contributed by atoms with van der Waals surface area (Å²) < 4.78 is 56.7. The Kier molecular flexibility index (Phi) is 7.67. The zero-order valence-electron chi connectivity index (χ0n) is 19.5. The van der Waals surface area contributed by atoms with Crippen molar-refractivity contribution >= 4 is 28.9 Å². The third-order valence-corrected chi connectivity index (χ3v) is 6.83. The van der Waals surface area contributed by atoms with Gasteiger partial charge in [0.05, 0.1) is 17.8 Å². The van der Waals surface area contributed by atoms with Crippen molar-refractivity contribution in [3.05, 3.63) is 65.7 Å². The summed E-state index contributed by atoms with van der Waals surface area (Å²) in [6.07, 6.45) is -4.60. The van der Waals surface area contributed by atoms with Gasteiger partial charge in [0.25, 0.3) is 5.03 Å². The van der Waals surface area contributed by atoms with E-state index in [4.69, 9.17) is 5.73 Å². The molecule has 0 bridgehead atoms. The number of nitrogens with two attached hydrogens (primary N) is 1. The lowest BCUT2D eigenvalue weighted by molar-refractivity contribution is -0.137. The van der Waals surface area contributed by atoms with Crippen LogP contribution in [0.3, 0.4) is 0 Å². The molecule has 1 aliphatic rings. The summed E-state index contributed by atoms with van der Waals surface area (Å²) in [6.45, 7) is 3.75. The first kappa shape index (κ1) is 25.7. The van der Waals surface area contributed by atoms with Crippen molar-refractivity contribution in [3.63, 3.8) is 0 Å². The van der Waals surface area contributed by atoms with E-state index in [-0.39, 0.29) is 29.0 Å². The number of nitrogens with one attached hydrogen (secondary N) is 1. The summed E-state index contributed by atoms with van der Waals surface area (Å²) >= 11 is -1.88. The fourth-order valence-corrected chi connectivity index (χ4v) is 4.72. The lowest BCUT2D eigenvalue weighted by Crippen LogP contribution is -2.50. The fraction of sp³-hybridized carbons (Fsp3) is 0.292. The molecule has 8 nitrogen and oxygen atoms in total. The first-order valence-corrected chi connectivity index (χ1v) is 12.3. The van der Waals surface area contributed by atoms with Crippen LogP contribution in [0.2, 0.25) is 0 Å². The fourth-order valence-electron chi connectivity index (χ4n) is 3.93. The molecule has 2 aromatic heterocycles. The molecule has 1 fully saturated rings. The maximum absolute atomic E-state index is 13.7. The summed E-state index contributed by atoms with van der Waals surface area (Å²) in [4.78, 5) is 24.1. The number of anilines is 2. The second-order valence-corrected chi connectivity index (χ2v) is 9.34. The van der Waals surface area contributed by atoms with Crippen LogP contribution in [0, 0.1) is 6.92 Å². The van der Waals surface area contributed by atoms with E-state index in [0.29, 0.717) is 43.1 Å². The predicted octanol–water partition coefficient (Wildman–Crippen LogP) is 3.21. The number of hydrogen-bond donors (Lipinski definition) is 2. The van der Waals surface area contributed by atoms with Crippen LogP contribution in [0.5, 0.6) is 0 Å². The van der Waals surface area contributed by atoms with E-state index in [1.807, 2.05) is 4.90 Å². The number of nitrogens with zero attached hydrogens (tertiary/aromatic N) is 4. The van der Waals surface area contributed by atoms with Gasteiger partial charge in [0.15, 0.2) is 5.82 Å². The Morgan fingerprint density at radius 3 is 2.44 bits per heavy atom. The molecular weight excluding hydrogens is 493 g/mol. The van der Waals surface area contributed by atoms with Crippen LogP contribution < -0.4 is 15.4 Å². The minimum absolute atomic E-state index is 0.0284. The molecule has 3 heterocycles. The summed E-state index contributed by atoms with van der Waals surface area (Å²) in [7, 11) is 0. The van der Waals surface area contributed by atoms with Crippen LogP contribution in [-0.4, -0.2) is 58.1 Å². The van der Waals surface area contributed by atoms with Crippen molar-refractivity contribution in [2.24, 2.45) is 5.73 Å². The van der Waals surface area contributed by atoms with Gasteiger partial charge in [0, 0.05) is 37.8 Å². The molecule has 3 N–H and O–H groups in total. The first-order valence-electron chi connectivity index (χ1n) is 11.2. The standard InChI is InChI=1S/C24H25F3N6O2S/c1-16-5-2-3-6-17(16)23-18(24(25,26)27)9-10-19(29-23)31-36(35)21-8-4-7-20(30-21)32-11-13-33(14-12-32)22(34)15-28/h2-10H,11-15,28H2,1H3,(H,29,31). The Morgan fingerprint density at radius 2 is 1.78 bits per heavy atom. The quantitative estimate of drug-likeness (QED) is 0.482. The van der Waals surface area contributed by atoms with Crippen LogP contribution >= 0.6 is 0 Å². The molecule has 0 radical (unpaired) electrons. The van der Waals surface area contributed by atoms with Gasteiger partial charge in [-0.3, -0.25) is 4.79 Å². The van der Waals surface area contributed by atoms with Crippen LogP contribution in [-0.2, 0) is 22.3 Å². The number of carbonyl (C=O) groups excluding carboxylic acids is 1. The molecule has 12 heteroatoms. The van der Waals surface area contributed by atoms with E-state index < -0.39 is 23.1 Å². The zero-order chi connectivity index (χ0) is 25.9. The molecule has 1 atom stereocenters. The molecule has 0 aliphatic carbocycles. The third kappa shape index (κ3) is 5.72. The SMILES string of the molecule is Cc1ccccc1-c1nc(N[S+]([O-])c2cccc(N3CCN(C(=O)CN)CC3)n2)ccc1C(F)(F)F. The van der Waals surface area contributed by atoms with Crippen LogP contribution in [0.25, 0.3) is 11.3 Å². The molecule has 1 aromatic carbocycles. The molecular formula is C24H25F3N6O2S. The third-order valence-electron chi connectivity index (χ3n) is 5.83. The number of amides is 1. The van der Waals surface area contributed by atoms with Gasteiger partial charge in [0.1, 0.15) is 17.2 Å². The zero-order valence-corrected chi connectivity index (χ0v) is 20.3. The number of pyridine rings is 2. The van der Waals surface area contributed by atoms with Crippen LogP contribution in [0.1, 0.15) is 11.1 Å². The van der Waals surface area contributed by atoms with Gasteiger partial charge in [-0.2, -0.15) is 22.9 Å². The number of aryl methyl sites for hydroxylation is 1. The second-order valence-electron chi connectivity index (χ2n) is 8.18. The van der Waals surface area contributed by atoms with E-state index in [0.717, 1.165) is 12.1 Å². The number of aromatic nitrogens is 2. The van der Waals surface area contributed by atoms with Crippen LogP contribution in [0.4, 0.5) is 24.8 Å². The summed E-state index contributed by atoms with van der Waals surface area (Å²) in [5, 5.41) is 0.201. The highest BCUT2D eigenvalue weighted by Gasteiger charge is 2.35. The second kappa shape index (κ2) is 10.7. The number of rotatable bonds is 6. The Balaban J connectivity index is 1.54. The van der Waals surface area contributed by atoms with Gasteiger partial charge in [-0.05, 0) is 30.7 Å². The molecule has 0 spiro atoms. The molecule has 190 valence electrons. The van der Waals surface area contributed by atoms with Gasteiger partial charge in [-0.1, -0.05) is 30.3 Å². The number of carbonyl (C=O) groups is 1. The average molecular weight is 519 g/mol. The van der Waals surface area contributed by atoms with Crippen molar-refractivity contribution in [2.45, 2.75) is 18.1 Å². The van der Waals surface area contributed by atoms with E-state index in [1.165, 1.54) is 0 Å². The maximum Gasteiger partial charge on any atom is 0.418 e. The lowest BCUT2D eigenvalue weighted by atomic mass is 10.0. The topological polar surface area (TPSA) is 110 Å². The number of benzene rings is 1. The van der Waals surface area contributed by atoms with Crippen molar-refractivity contribution in [3.8, 4) is 11.3 Å². The normalized spacial score (nSPS) is 15.1. The van der Waals surface area contributed by atoms with E-state index in [9.17, 15) is 22.5 Å². The predicted molar refractivity (Wildman–Crippen MR) is 132 cm³/mol. The molecule has 1 amide bonds. The summed E-state index contributed by atoms with van der Waals surface area (Å²) in [5.41, 5.74) is 5.28. The Labute approximate surface area is 209 Å². The maximum atomic E-state index is 13.7. The molecule has 1 unspecified atom stereocenters. The minimum Gasteiger partial charge on any atom is -0.587 e. The number of alkyl halides is 3. The molecule has 0 saturated carbocycles. The van der Waals surface area contributed by atoms with Gasteiger partial charge in [0.2, 0.25) is 5.91 Å². The molecule has 1 saturated heterocycles. The molecule has 36 heavy (non-hydrogen) atoms. The molecule has 3 aromatic rings. The Bertz CT molecular complexity index is 1230. The van der Waals surface area contributed by atoms with Crippen molar-refractivity contribution < 1.29 is 22.5 Å². The highest BCUT2D eigenvalue weighted by atomic mass is 32.2. The Hall–Kier alpha value is -3.35. The smallest absolute Gasteiger partial charge is 0.418 e. The first-order chi connectivity index (χ1) is 17.2. The molecule has 4 rings (SSSR count). The van der Waals surface area contributed by atoms with E-state index in [2.05, 4.69) is 14.7 Å². The number of halogens is 3. The summed E-state index contributed by atoms with van der Waals surface area (Å²) in [6, 6.07) is 13.8. The highest BCUT2D eigenvalue weighted by Crippen LogP contribution is 2.38. The van der Waals surface area contributed by atoms with Crippen molar-refractivity contribution in [1.82, 2.24) is 14.9 Å². The lowest BCUT2D eigenvalue weighted by Gasteiger charge is -2.35. The van der Waals surface area contributed by atoms with Crippen molar-refractivity contribution in [1.29, 1.82) is 0 Å². The van der Waals surface area contributed by atoms with Gasteiger partial charge in [-0.25, -0.2) is 4.98 Å². The number of piperazine rings is 1. The van der Waals surface area contributed by atoms with E-state index in [1.54, 1.807) is 54.3 Å². The monoisotopic (exact) mass is 518 g/mol. The Morgan fingerprint density at radius 1 is 1.06 bits per heavy atom. The van der Waals surface area contributed by atoms with Gasteiger partial charge >= 0.3 is 6.18 Å².